The maximum atomic E-state index is 12.4. The number of aromatic nitrogens is 2. The molecule has 6 heteroatoms. The van der Waals surface area contributed by atoms with Crippen LogP contribution in [0.2, 0.25) is 0 Å². The van der Waals surface area contributed by atoms with Crippen LogP contribution in [0.5, 0.6) is 5.75 Å². The summed E-state index contributed by atoms with van der Waals surface area (Å²) in [6.45, 7) is 0. The van der Waals surface area contributed by atoms with Crippen LogP contribution in [-0.2, 0) is 6.18 Å². The molecule has 1 N–H and O–H groups in total. The number of aromatic amines is 1. The van der Waals surface area contributed by atoms with Crippen LogP contribution in [0.15, 0.2) is 18.3 Å². The maximum Gasteiger partial charge on any atom is 0.416 e. The number of H-pyrrole nitrogens is 1. The standard InChI is InChI=1S/C9H7F3N2O/c1-15-8-3-5(9(10,11)12)2-7-6(8)4-13-14-7/h2-4H,1H3,(H,13,14). The maximum absolute atomic E-state index is 12.4. The van der Waals surface area contributed by atoms with Crippen LogP contribution >= 0.6 is 0 Å². The number of ether oxygens (including phenoxy) is 1. The van der Waals surface area contributed by atoms with Gasteiger partial charge in [-0.3, -0.25) is 5.10 Å². The smallest absolute Gasteiger partial charge is 0.416 e. The summed E-state index contributed by atoms with van der Waals surface area (Å²) in [5, 5.41) is 6.67. The predicted molar refractivity (Wildman–Crippen MR) is 47.6 cm³/mol. The highest BCUT2D eigenvalue weighted by atomic mass is 19.4. The summed E-state index contributed by atoms with van der Waals surface area (Å²) in [5.74, 6) is 0.161. The van der Waals surface area contributed by atoms with E-state index in [9.17, 15) is 13.2 Å². The van der Waals surface area contributed by atoms with Crippen molar-refractivity contribution in [2.75, 3.05) is 7.11 Å². The third-order valence-electron chi connectivity index (χ3n) is 2.07. The monoisotopic (exact) mass is 216 g/mol. The number of nitrogens with zero attached hydrogens (tertiary/aromatic N) is 1. The molecule has 0 saturated heterocycles. The van der Waals surface area contributed by atoms with Crippen LogP contribution < -0.4 is 4.74 Å². The molecular weight excluding hydrogens is 209 g/mol. The Hall–Kier alpha value is -1.72. The number of alkyl halides is 3. The number of methoxy groups -OCH3 is 1. The van der Waals surface area contributed by atoms with E-state index >= 15 is 0 Å². The first kappa shape index (κ1) is 9.82. The lowest BCUT2D eigenvalue weighted by atomic mass is 10.1. The minimum Gasteiger partial charge on any atom is -0.496 e. The Kier molecular flexibility index (Phi) is 2.06. The summed E-state index contributed by atoms with van der Waals surface area (Å²) in [4.78, 5) is 0. The highest BCUT2D eigenvalue weighted by molar-refractivity contribution is 5.85. The van der Waals surface area contributed by atoms with Crippen molar-refractivity contribution in [3.05, 3.63) is 23.9 Å². The van der Waals surface area contributed by atoms with Gasteiger partial charge in [-0.1, -0.05) is 0 Å². The van der Waals surface area contributed by atoms with Crippen molar-refractivity contribution in [3.63, 3.8) is 0 Å². The molecule has 2 aromatic rings. The number of hydrogen-bond acceptors (Lipinski definition) is 2. The second-order valence-electron chi connectivity index (χ2n) is 3.01. The number of hydrogen-bond donors (Lipinski definition) is 1. The number of nitrogens with one attached hydrogen (secondary N) is 1. The lowest BCUT2D eigenvalue weighted by Crippen LogP contribution is -2.05. The van der Waals surface area contributed by atoms with Crippen molar-refractivity contribution >= 4 is 10.9 Å². The molecule has 0 spiro atoms. The molecule has 1 aromatic carbocycles. The van der Waals surface area contributed by atoms with Crippen LogP contribution in [-0.4, -0.2) is 17.3 Å². The largest absolute Gasteiger partial charge is 0.496 e. The average Bonchev–Trinajstić information content (AvgIpc) is 2.62. The van der Waals surface area contributed by atoms with E-state index in [-0.39, 0.29) is 5.75 Å². The van der Waals surface area contributed by atoms with E-state index in [2.05, 4.69) is 10.2 Å². The molecule has 0 bridgehead atoms. The summed E-state index contributed by atoms with van der Waals surface area (Å²) >= 11 is 0. The van der Waals surface area contributed by atoms with Gasteiger partial charge in [0.2, 0.25) is 0 Å². The normalized spacial score (nSPS) is 12.0. The van der Waals surface area contributed by atoms with Crippen molar-refractivity contribution in [1.29, 1.82) is 0 Å². The summed E-state index contributed by atoms with van der Waals surface area (Å²) in [6.07, 6.45) is -2.96. The van der Waals surface area contributed by atoms with E-state index in [0.717, 1.165) is 12.1 Å². The third-order valence-corrected chi connectivity index (χ3v) is 2.07. The molecule has 0 fully saturated rings. The molecule has 0 saturated carbocycles. The van der Waals surface area contributed by atoms with Gasteiger partial charge >= 0.3 is 6.18 Å². The SMILES string of the molecule is COc1cc(C(F)(F)F)cc2[nH]ncc12. The van der Waals surface area contributed by atoms with E-state index in [1.54, 1.807) is 0 Å². The van der Waals surface area contributed by atoms with Crippen LogP contribution in [0.25, 0.3) is 10.9 Å². The average molecular weight is 216 g/mol. The lowest BCUT2D eigenvalue weighted by molar-refractivity contribution is -0.137. The molecule has 1 aromatic heterocycles. The van der Waals surface area contributed by atoms with Crippen LogP contribution in [0.4, 0.5) is 13.2 Å². The molecule has 15 heavy (non-hydrogen) atoms. The first-order valence-electron chi connectivity index (χ1n) is 4.10. The van der Waals surface area contributed by atoms with E-state index in [0.29, 0.717) is 10.9 Å². The van der Waals surface area contributed by atoms with Crippen LogP contribution in [0.1, 0.15) is 5.56 Å². The summed E-state index contributed by atoms with van der Waals surface area (Å²) in [6, 6.07) is 1.96. The Bertz CT molecular complexity index is 490. The highest BCUT2D eigenvalue weighted by Crippen LogP contribution is 2.35. The molecule has 0 atom stereocenters. The van der Waals surface area contributed by atoms with Gasteiger partial charge in [0, 0.05) is 0 Å². The molecule has 2 rings (SSSR count). The topological polar surface area (TPSA) is 37.9 Å². The minimum atomic E-state index is -4.38. The number of halogens is 3. The zero-order chi connectivity index (χ0) is 11.1. The summed E-state index contributed by atoms with van der Waals surface area (Å²) < 4.78 is 42.2. The Balaban J connectivity index is 2.69. The van der Waals surface area contributed by atoms with Gasteiger partial charge in [-0.05, 0) is 12.1 Å². The molecule has 0 amide bonds. The van der Waals surface area contributed by atoms with Gasteiger partial charge in [0.25, 0.3) is 0 Å². The lowest BCUT2D eigenvalue weighted by Gasteiger charge is -2.09. The third kappa shape index (κ3) is 1.62. The van der Waals surface area contributed by atoms with Gasteiger partial charge in [-0.15, -0.1) is 0 Å². The molecule has 0 aliphatic rings. The molecule has 0 aliphatic heterocycles. The Labute approximate surface area is 82.9 Å². The van der Waals surface area contributed by atoms with Crippen molar-refractivity contribution in [2.24, 2.45) is 0 Å². The van der Waals surface area contributed by atoms with Gasteiger partial charge in [0.05, 0.1) is 29.8 Å². The Morgan fingerprint density at radius 3 is 2.67 bits per heavy atom. The molecule has 0 unspecified atom stereocenters. The van der Waals surface area contributed by atoms with Crippen molar-refractivity contribution in [1.82, 2.24) is 10.2 Å². The van der Waals surface area contributed by atoms with Crippen molar-refractivity contribution in [2.45, 2.75) is 6.18 Å². The fraction of sp³-hybridized carbons (Fsp3) is 0.222. The quantitative estimate of drug-likeness (QED) is 0.795. The first-order chi connectivity index (χ1) is 7.02. The Morgan fingerprint density at radius 2 is 2.07 bits per heavy atom. The fourth-order valence-corrected chi connectivity index (χ4v) is 1.35. The van der Waals surface area contributed by atoms with Gasteiger partial charge in [-0.2, -0.15) is 18.3 Å². The molecule has 3 nitrogen and oxygen atoms in total. The van der Waals surface area contributed by atoms with Gasteiger partial charge < -0.3 is 4.74 Å². The summed E-state index contributed by atoms with van der Waals surface area (Å²) in [7, 11) is 1.32. The molecule has 80 valence electrons. The first-order valence-corrected chi connectivity index (χ1v) is 4.10. The van der Waals surface area contributed by atoms with Gasteiger partial charge in [-0.25, -0.2) is 0 Å². The van der Waals surface area contributed by atoms with Crippen molar-refractivity contribution in [3.8, 4) is 5.75 Å². The predicted octanol–water partition coefficient (Wildman–Crippen LogP) is 2.59. The number of benzene rings is 1. The van der Waals surface area contributed by atoms with E-state index < -0.39 is 11.7 Å². The van der Waals surface area contributed by atoms with E-state index in [4.69, 9.17) is 4.74 Å². The van der Waals surface area contributed by atoms with Crippen LogP contribution in [0, 0.1) is 0 Å². The fourth-order valence-electron chi connectivity index (χ4n) is 1.35. The highest BCUT2D eigenvalue weighted by Gasteiger charge is 2.31. The number of rotatable bonds is 1. The molecular formula is C9H7F3N2O. The molecule has 0 radical (unpaired) electrons. The van der Waals surface area contributed by atoms with E-state index in [1.807, 2.05) is 0 Å². The second-order valence-corrected chi connectivity index (χ2v) is 3.01. The van der Waals surface area contributed by atoms with Crippen LogP contribution in [0.3, 0.4) is 0 Å². The summed E-state index contributed by atoms with van der Waals surface area (Å²) in [5.41, 5.74) is -0.447. The van der Waals surface area contributed by atoms with Crippen molar-refractivity contribution < 1.29 is 17.9 Å². The zero-order valence-corrected chi connectivity index (χ0v) is 7.72. The van der Waals surface area contributed by atoms with Gasteiger partial charge in [0.15, 0.2) is 0 Å². The Morgan fingerprint density at radius 1 is 1.33 bits per heavy atom. The van der Waals surface area contributed by atoms with Gasteiger partial charge in [0.1, 0.15) is 5.75 Å². The second kappa shape index (κ2) is 3.15. The minimum absolute atomic E-state index is 0.161. The zero-order valence-electron chi connectivity index (χ0n) is 7.72. The van der Waals surface area contributed by atoms with E-state index in [1.165, 1.54) is 13.3 Å². The molecule has 0 aliphatic carbocycles. The number of fused-ring (bicyclic) bond motifs is 1. The molecule has 1 heterocycles.